The Balaban J connectivity index is 1.18. The Morgan fingerprint density at radius 1 is 0.833 bits per heavy atom. The quantitative estimate of drug-likeness (QED) is 0.222. The minimum atomic E-state index is -1.40. The van der Waals surface area contributed by atoms with Crippen LogP contribution < -0.4 is 25.0 Å². The highest BCUT2D eigenvalue weighted by atomic mass is 16.5. The molecule has 1 N–H and O–H groups in total. The van der Waals surface area contributed by atoms with E-state index in [1.165, 1.54) is 12.1 Å². The number of anilines is 3. The predicted molar refractivity (Wildman–Crippen MR) is 179 cm³/mol. The van der Waals surface area contributed by atoms with Gasteiger partial charge in [0, 0.05) is 70.7 Å². The topological polar surface area (TPSA) is 145 Å². The third-order valence-electron chi connectivity index (χ3n) is 9.03. The van der Waals surface area contributed by atoms with E-state index < -0.39 is 34.9 Å². The Morgan fingerprint density at radius 2 is 1.50 bits per heavy atom. The van der Waals surface area contributed by atoms with Crippen LogP contribution in [-0.4, -0.2) is 106 Å². The van der Waals surface area contributed by atoms with Crippen LogP contribution in [0.3, 0.4) is 0 Å². The molecule has 48 heavy (non-hydrogen) atoms. The summed E-state index contributed by atoms with van der Waals surface area (Å²) >= 11 is 0. The van der Waals surface area contributed by atoms with Crippen molar-refractivity contribution in [3.05, 3.63) is 87.0 Å². The van der Waals surface area contributed by atoms with Crippen molar-refractivity contribution in [3.63, 3.8) is 0 Å². The molecule has 0 bridgehead atoms. The van der Waals surface area contributed by atoms with Gasteiger partial charge in [-0.3, -0.25) is 28.9 Å². The summed E-state index contributed by atoms with van der Waals surface area (Å²) < 4.78 is 11.4. The number of aromatic nitrogens is 2. The number of rotatable bonds is 8. The molecule has 0 spiro atoms. The number of imide groups is 1. The van der Waals surface area contributed by atoms with Crippen molar-refractivity contribution in [2.75, 3.05) is 82.3 Å². The van der Waals surface area contributed by atoms with Gasteiger partial charge in [0.2, 0.25) is 0 Å². The minimum Gasteiger partial charge on any atom is -0.492 e. The average molecular weight is 651 g/mol. The summed E-state index contributed by atoms with van der Waals surface area (Å²) in [5.74, 6) is -3.45. The molecular weight excluding hydrogens is 616 g/mol. The van der Waals surface area contributed by atoms with Crippen LogP contribution in [0.1, 0.15) is 53.2 Å². The molecule has 3 heterocycles. The molecule has 1 saturated heterocycles. The largest absolute Gasteiger partial charge is 0.492 e. The molecule has 13 heteroatoms. The lowest BCUT2D eigenvalue weighted by molar-refractivity contribution is 0.0322. The molecule has 7 rings (SSSR count). The second kappa shape index (κ2) is 12.0. The lowest BCUT2D eigenvalue weighted by Gasteiger charge is -2.26. The highest BCUT2D eigenvalue weighted by molar-refractivity contribution is 6.38. The van der Waals surface area contributed by atoms with E-state index in [1.807, 2.05) is 19.0 Å². The van der Waals surface area contributed by atoms with Gasteiger partial charge in [0.25, 0.3) is 17.4 Å². The van der Waals surface area contributed by atoms with Gasteiger partial charge in [-0.05, 0) is 42.5 Å². The molecule has 1 aliphatic carbocycles. The average Bonchev–Trinajstić information content (AvgIpc) is 3.47. The van der Waals surface area contributed by atoms with Gasteiger partial charge in [0.1, 0.15) is 24.1 Å². The van der Waals surface area contributed by atoms with E-state index in [2.05, 4.69) is 14.9 Å². The minimum absolute atomic E-state index is 0.00508. The standard InChI is InChI=1S/C35H34N6O7/c1-38(2)19-5-7-26-25(15-19)33(44)37-32(36-26)29-30(42)21-17-23-24(18-22(21)31(29)43)35(46)41(34(23)45)28-16-20(6-8-27(28)39(3)4)48-14-11-40-9-12-47-13-10-40/h5-8,15-18,29H,9-14H2,1-4H3,(H,36,37,44). The number of morpholine rings is 1. The van der Waals surface area contributed by atoms with Crippen molar-refractivity contribution in [2.24, 2.45) is 0 Å². The second-order valence-corrected chi connectivity index (χ2v) is 12.4. The number of ketones is 2. The monoisotopic (exact) mass is 650 g/mol. The van der Waals surface area contributed by atoms with Crippen molar-refractivity contribution in [1.29, 1.82) is 0 Å². The van der Waals surface area contributed by atoms with Crippen LogP contribution in [0.4, 0.5) is 17.1 Å². The summed E-state index contributed by atoms with van der Waals surface area (Å²) in [5.41, 5.74) is 1.61. The number of Topliss-reactive ketones (excluding diaryl/α,β-unsaturated/α-hetero) is 2. The Morgan fingerprint density at radius 3 is 2.12 bits per heavy atom. The van der Waals surface area contributed by atoms with Gasteiger partial charge in [-0.1, -0.05) is 0 Å². The van der Waals surface area contributed by atoms with E-state index >= 15 is 0 Å². The molecular formula is C35H34N6O7. The van der Waals surface area contributed by atoms with Crippen LogP contribution in [0.25, 0.3) is 10.9 Å². The molecule has 0 unspecified atom stereocenters. The molecule has 0 radical (unpaired) electrons. The number of ether oxygens (including phenoxy) is 2. The fourth-order valence-electron chi connectivity index (χ4n) is 6.42. The third kappa shape index (κ3) is 5.20. The van der Waals surface area contributed by atoms with Gasteiger partial charge in [-0.2, -0.15) is 0 Å². The molecule has 246 valence electrons. The zero-order valence-corrected chi connectivity index (χ0v) is 27.0. The lowest BCUT2D eigenvalue weighted by atomic mass is 10.0. The SMILES string of the molecule is CN(C)c1ccc2nc(C3C(=O)c4cc5c(cc4C3=O)C(=O)N(c3cc(OCCN4CCOCC4)ccc3N(C)C)C5=O)[nH]c(=O)c2c1. The summed E-state index contributed by atoms with van der Waals surface area (Å²) in [4.78, 5) is 82.2. The number of carbonyl (C=O) groups is 4. The number of hydrogen-bond acceptors (Lipinski definition) is 11. The van der Waals surface area contributed by atoms with E-state index in [0.29, 0.717) is 54.4 Å². The number of amides is 2. The van der Waals surface area contributed by atoms with Crippen LogP contribution >= 0.6 is 0 Å². The number of nitrogens with zero attached hydrogens (tertiary/aromatic N) is 5. The lowest BCUT2D eigenvalue weighted by Crippen LogP contribution is -2.38. The number of fused-ring (bicyclic) bond motifs is 3. The third-order valence-corrected chi connectivity index (χ3v) is 9.03. The van der Waals surface area contributed by atoms with E-state index in [9.17, 15) is 24.0 Å². The van der Waals surface area contributed by atoms with Crippen molar-refractivity contribution in [2.45, 2.75) is 5.92 Å². The van der Waals surface area contributed by atoms with Crippen LogP contribution in [0.5, 0.6) is 5.75 Å². The highest BCUT2D eigenvalue weighted by Crippen LogP contribution is 2.41. The normalized spacial score (nSPS) is 16.5. The number of aromatic amines is 1. The molecule has 3 aliphatic rings. The van der Waals surface area contributed by atoms with Gasteiger partial charge in [-0.25, -0.2) is 9.88 Å². The highest BCUT2D eigenvalue weighted by Gasteiger charge is 2.46. The zero-order valence-electron chi connectivity index (χ0n) is 27.0. The maximum Gasteiger partial charge on any atom is 0.266 e. The second-order valence-electron chi connectivity index (χ2n) is 12.4. The Bertz CT molecular complexity index is 2030. The summed E-state index contributed by atoms with van der Waals surface area (Å²) in [6, 6.07) is 13.0. The Labute approximate surface area is 275 Å². The van der Waals surface area contributed by atoms with E-state index in [0.717, 1.165) is 23.7 Å². The fourth-order valence-corrected chi connectivity index (χ4v) is 6.42. The van der Waals surface area contributed by atoms with E-state index in [4.69, 9.17) is 9.47 Å². The molecule has 2 aliphatic heterocycles. The smallest absolute Gasteiger partial charge is 0.266 e. The molecule has 4 aromatic rings. The molecule has 2 amide bonds. The number of benzene rings is 3. The van der Waals surface area contributed by atoms with E-state index in [-0.39, 0.29) is 28.1 Å². The van der Waals surface area contributed by atoms with Gasteiger partial charge in [0.05, 0.1) is 46.6 Å². The summed E-state index contributed by atoms with van der Waals surface area (Å²) in [6.07, 6.45) is 0. The maximum atomic E-state index is 13.9. The van der Waals surface area contributed by atoms with Gasteiger partial charge in [0.15, 0.2) is 11.6 Å². The van der Waals surface area contributed by atoms with Crippen LogP contribution in [0, 0.1) is 0 Å². The van der Waals surface area contributed by atoms with Crippen LogP contribution in [0.2, 0.25) is 0 Å². The number of carbonyl (C=O) groups excluding carboxylic acids is 4. The maximum absolute atomic E-state index is 13.9. The summed E-state index contributed by atoms with van der Waals surface area (Å²) in [5, 5.41) is 0.319. The van der Waals surface area contributed by atoms with Crippen LogP contribution in [-0.2, 0) is 4.74 Å². The molecule has 13 nitrogen and oxygen atoms in total. The van der Waals surface area contributed by atoms with E-state index in [1.54, 1.807) is 55.4 Å². The van der Waals surface area contributed by atoms with Gasteiger partial charge < -0.3 is 24.3 Å². The number of H-pyrrole nitrogens is 1. The van der Waals surface area contributed by atoms with Crippen molar-refractivity contribution >= 4 is 51.3 Å². The summed E-state index contributed by atoms with van der Waals surface area (Å²) in [7, 11) is 7.29. The first-order valence-electron chi connectivity index (χ1n) is 15.6. The van der Waals surface area contributed by atoms with Gasteiger partial charge in [-0.15, -0.1) is 0 Å². The first-order chi connectivity index (χ1) is 23.0. The van der Waals surface area contributed by atoms with Gasteiger partial charge >= 0.3 is 0 Å². The Hall–Kier alpha value is -5.40. The zero-order chi connectivity index (χ0) is 33.9. The van der Waals surface area contributed by atoms with Crippen molar-refractivity contribution in [1.82, 2.24) is 14.9 Å². The van der Waals surface area contributed by atoms with Crippen LogP contribution in [0.15, 0.2) is 53.3 Å². The molecule has 0 saturated carbocycles. The Kier molecular flexibility index (Phi) is 7.80. The molecule has 0 atom stereocenters. The van der Waals surface area contributed by atoms with Crippen molar-refractivity contribution in [3.8, 4) is 5.75 Å². The first-order valence-corrected chi connectivity index (χ1v) is 15.6. The first kappa shape index (κ1) is 31.2. The summed E-state index contributed by atoms with van der Waals surface area (Å²) in [6.45, 7) is 4.13. The molecule has 1 aromatic heterocycles. The molecule has 1 fully saturated rings. The number of hydrogen-bond donors (Lipinski definition) is 1. The predicted octanol–water partition coefficient (Wildman–Crippen LogP) is 2.73. The van der Waals surface area contributed by atoms with Crippen molar-refractivity contribution < 1.29 is 28.7 Å². The molecule has 3 aromatic carbocycles. The number of nitrogens with one attached hydrogen (secondary N) is 1. The fraction of sp³-hybridized carbons (Fsp3) is 0.314.